The van der Waals surface area contributed by atoms with Crippen molar-refractivity contribution >= 4 is 17.8 Å². The number of aryl methyl sites for hydroxylation is 1. The van der Waals surface area contributed by atoms with Crippen molar-refractivity contribution in [1.29, 1.82) is 0 Å². The summed E-state index contributed by atoms with van der Waals surface area (Å²) in [5.41, 5.74) is 2.40. The summed E-state index contributed by atoms with van der Waals surface area (Å²) in [5, 5.41) is 14.2. The number of aliphatic carboxylic acids is 2. The van der Waals surface area contributed by atoms with Gasteiger partial charge in [0, 0.05) is 24.7 Å². The van der Waals surface area contributed by atoms with Crippen LogP contribution in [0.1, 0.15) is 34.6 Å². The molecule has 10 nitrogen and oxygen atoms in total. The van der Waals surface area contributed by atoms with Gasteiger partial charge in [-0.15, -0.1) is 0 Å². The molecule has 2 aliphatic rings. The van der Waals surface area contributed by atoms with Gasteiger partial charge in [0.1, 0.15) is 17.9 Å². The normalized spacial score (nSPS) is 20.3. The van der Waals surface area contributed by atoms with E-state index in [2.05, 4.69) is 9.97 Å². The first-order valence-corrected chi connectivity index (χ1v) is 11.6. The number of carbonyl (C=O) groups is 3. The molecular formula is C24H25F6N3O7. The summed E-state index contributed by atoms with van der Waals surface area (Å²) in [7, 11) is 0. The van der Waals surface area contributed by atoms with E-state index in [9.17, 15) is 31.1 Å². The van der Waals surface area contributed by atoms with Gasteiger partial charge in [-0.2, -0.15) is 26.3 Å². The maximum atomic E-state index is 13.0. The first-order valence-electron chi connectivity index (χ1n) is 11.6. The lowest BCUT2D eigenvalue weighted by Crippen LogP contribution is -2.44. The van der Waals surface area contributed by atoms with Crippen LogP contribution in [0.4, 0.5) is 26.3 Å². The Hall–Kier alpha value is -3.79. The summed E-state index contributed by atoms with van der Waals surface area (Å²) in [5.74, 6) is -5.55. The zero-order valence-electron chi connectivity index (χ0n) is 20.9. The highest BCUT2D eigenvalue weighted by Crippen LogP contribution is 2.32. The predicted octanol–water partition coefficient (Wildman–Crippen LogP) is 3.64. The van der Waals surface area contributed by atoms with Crippen LogP contribution in [-0.2, 0) is 25.7 Å². The van der Waals surface area contributed by atoms with E-state index in [0.29, 0.717) is 18.8 Å². The number of amides is 1. The first-order chi connectivity index (χ1) is 18.6. The SMILES string of the molecule is Cc1cccc(C(=O)N2C[C@@H](OCc3ccncc3)[C@@H]3OCCC[C@@H]32)n1.O=C(O)C(F)(F)F.O=C(O)C(F)(F)F. The second-order valence-electron chi connectivity index (χ2n) is 8.48. The van der Waals surface area contributed by atoms with Crippen molar-refractivity contribution < 1.29 is 60.4 Å². The molecule has 0 radical (unpaired) electrons. The van der Waals surface area contributed by atoms with Crippen molar-refractivity contribution in [3.8, 4) is 0 Å². The molecular weight excluding hydrogens is 556 g/mol. The molecule has 0 unspecified atom stereocenters. The number of carboxylic acids is 2. The number of nitrogens with zero attached hydrogens (tertiary/aromatic N) is 3. The van der Waals surface area contributed by atoms with Crippen LogP contribution in [-0.4, -0.2) is 86.7 Å². The van der Waals surface area contributed by atoms with Crippen molar-refractivity contribution in [1.82, 2.24) is 14.9 Å². The van der Waals surface area contributed by atoms with E-state index in [-0.39, 0.29) is 24.2 Å². The van der Waals surface area contributed by atoms with Gasteiger partial charge in [-0.1, -0.05) is 6.07 Å². The lowest BCUT2D eigenvalue weighted by molar-refractivity contribution is -0.193. The molecule has 0 aromatic carbocycles. The smallest absolute Gasteiger partial charge is 0.475 e. The number of hydrogen-bond acceptors (Lipinski definition) is 7. The lowest BCUT2D eigenvalue weighted by atomic mass is 10.0. The number of pyridine rings is 2. The van der Waals surface area contributed by atoms with E-state index in [1.54, 1.807) is 18.5 Å². The van der Waals surface area contributed by atoms with Crippen LogP contribution in [0.5, 0.6) is 0 Å². The van der Waals surface area contributed by atoms with E-state index in [4.69, 9.17) is 29.3 Å². The van der Waals surface area contributed by atoms with Gasteiger partial charge < -0.3 is 24.6 Å². The Labute approximate surface area is 223 Å². The fraction of sp³-hybridized carbons (Fsp3) is 0.458. The van der Waals surface area contributed by atoms with E-state index in [1.165, 1.54) is 0 Å². The van der Waals surface area contributed by atoms with Gasteiger partial charge in [-0.3, -0.25) is 9.78 Å². The average molecular weight is 581 g/mol. The molecule has 16 heteroatoms. The van der Waals surface area contributed by atoms with Crippen LogP contribution in [0.25, 0.3) is 0 Å². The zero-order chi connectivity index (χ0) is 30.1. The lowest BCUT2D eigenvalue weighted by Gasteiger charge is -2.32. The van der Waals surface area contributed by atoms with Crippen LogP contribution < -0.4 is 0 Å². The molecule has 0 bridgehead atoms. The molecule has 2 aliphatic heterocycles. The van der Waals surface area contributed by atoms with Gasteiger partial charge in [0.05, 0.1) is 19.2 Å². The maximum absolute atomic E-state index is 13.0. The molecule has 40 heavy (non-hydrogen) atoms. The number of alkyl halides is 6. The Balaban J connectivity index is 0.000000333. The largest absolute Gasteiger partial charge is 0.490 e. The third-order valence-corrected chi connectivity index (χ3v) is 5.54. The summed E-state index contributed by atoms with van der Waals surface area (Å²) in [4.78, 5) is 41.1. The minimum atomic E-state index is -5.08. The number of hydrogen-bond donors (Lipinski definition) is 2. The summed E-state index contributed by atoms with van der Waals surface area (Å²) in [6.45, 7) is 3.65. The monoisotopic (exact) mass is 581 g/mol. The number of aromatic nitrogens is 2. The van der Waals surface area contributed by atoms with E-state index < -0.39 is 24.3 Å². The third kappa shape index (κ3) is 9.75. The van der Waals surface area contributed by atoms with Crippen molar-refractivity contribution in [3.63, 3.8) is 0 Å². The van der Waals surface area contributed by atoms with E-state index >= 15 is 0 Å². The summed E-state index contributed by atoms with van der Waals surface area (Å²) in [6, 6.07) is 9.48. The van der Waals surface area contributed by atoms with Gasteiger partial charge in [0.15, 0.2) is 0 Å². The Morgan fingerprint density at radius 3 is 2.12 bits per heavy atom. The number of carbonyl (C=O) groups excluding carboxylic acids is 1. The van der Waals surface area contributed by atoms with Crippen LogP contribution in [0.2, 0.25) is 0 Å². The quantitative estimate of drug-likeness (QED) is 0.518. The molecule has 4 heterocycles. The number of carboxylic acid groups (broad SMARTS) is 2. The van der Waals surface area contributed by atoms with Gasteiger partial charge in [0.2, 0.25) is 0 Å². The van der Waals surface area contributed by atoms with Gasteiger partial charge in [0.25, 0.3) is 5.91 Å². The van der Waals surface area contributed by atoms with Crippen LogP contribution in [0, 0.1) is 6.92 Å². The minimum Gasteiger partial charge on any atom is -0.475 e. The molecule has 0 aliphatic carbocycles. The second-order valence-corrected chi connectivity index (χ2v) is 8.48. The summed E-state index contributed by atoms with van der Waals surface area (Å²) >= 11 is 0. The zero-order valence-corrected chi connectivity index (χ0v) is 20.9. The number of likely N-dealkylation sites (tertiary alicyclic amines) is 1. The number of fused-ring (bicyclic) bond motifs is 1. The Morgan fingerprint density at radius 1 is 1.02 bits per heavy atom. The highest BCUT2D eigenvalue weighted by molar-refractivity contribution is 5.93. The molecule has 1 amide bonds. The molecule has 2 N–H and O–H groups in total. The molecule has 4 rings (SSSR count). The highest BCUT2D eigenvalue weighted by Gasteiger charge is 2.47. The number of halogens is 6. The number of rotatable bonds is 4. The fourth-order valence-electron chi connectivity index (χ4n) is 3.78. The summed E-state index contributed by atoms with van der Waals surface area (Å²) in [6.07, 6.45) is -4.94. The van der Waals surface area contributed by atoms with E-state index in [1.807, 2.05) is 36.1 Å². The van der Waals surface area contributed by atoms with E-state index in [0.717, 1.165) is 30.7 Å². The van der Waals surface area contributed by atoms with Crippen LogP contribution in [0.3, 0.4) is 0 Å². The Morgan fingerprint density at radius 2 is 1.60 bits per heavy atom. The average Bonchev–Trinajstić information content (AvgIpc) is 3.26. The molecule has 2 fully saturated rings. The van der Waals surface area contributed by atoms with Crippen molar-refractivity contribution in [2.24, 2.45) is 0 Å². The molecule has 3 atom stereocenters. The third-order valence-electron chi connectivity index (χ3n) is 5.54. The van der Waals surface area contributed by atoms with Crippen LogP contribution in [0.15, 0.2) is 42.7 Å². The van der Waals surface area contributed by atoms with Crippen molar-refractivity contribution in [2.45, 2.75) is 57.0 Å². The topological polar surface area (TPSA) is 139 Å². The van der Waals surface area contributed by atoms with Crippen molar-refractivity contribution in [2.75, 3.05) is 13.2 Å². The molecule has 0 saturated carbocycles. The molecule has 2 aromatic heterocycles. The van der Waals surface area contributed by atoms with Crippen molar-refractivity contribution in [3.05, 3.63) is 59.7 Å². The Bertz CT molecular complexity index is 1120. The first kappa shape index (κ1) is 32.4. The Kier molecular flexibility index (Phi) is 11.4. The van der Waals surface area contributed by atoms with Gasteiger partial charge in [-0.05, 0) is 49.6 Å². The molecule has 0 spiro atoms. The molecule has 2 saturated heterocycles. The molecule has 220 valence electrons. The number of ether oxygens (including phenoxy) is 2. The maximum Gasteiger partial charge on any atom is 0.490 e. The predicted molar refractivity (Wildman–Crippen MR) is 123 cm³/mol. The summed E-state index contributed by atoms with van der Waals surface area (Å²) < 4.78 is 75.6. The molecule has 2 aromatic rings. The van der Waals surface area contributed by atoms with Gasteiger partial charge >= 0.3 is 24.3 Å². The van der Waals surface area contributed by atoms with Crippen LogP contribution >= 0.6 is 0 Å². The van der Waals surface area contributed by atoms with Gasteiger partial charge in [-0.25, -0.2) is 14.6 Å². The fourth-order valence-corrected chi connectivity index (χ4v) is 3.78. The highest BCUT2D eigenvalue weighted by atomic mass is 19.4. The second kappa shape index (κ2) is 14.0. The minimum absolute atomic E-state index is 0.0378. The standard InChI is InChI=1S/C20H23N3O3.2C2HF3O2/c1-14-4-2-5-16(22-14)20(24)23-12-18(19-17(23)6-3-11-25-19)26-13-15-7-9-21-10-8-15;2*3-2(4,5)1(6)7/h2,4-5,7-10,17-19H,3,6,11-13H2,1H3;2*(H,6,7)/t17-,18+,19+;;/m0../s1.